The van der Waals surface area contributed by atoms with Crippen LogP contribution in [0.5, 0.6) is 0 Å². The first-order chi connectivity index (χ1) is 30.8. The van der Waals surface area contributed by atoms with E-state index >= 15 is 0 Å². The zero-order valence-corrected chi connectivity index (χ0v) is 42.3. The van der Waals surface area contributed by atoms with Gasteiger partial charge in [0.1, 0.15) is 19.8 Å². The number of aliphatic hydroxyl groups is 2. The second-order valence-electron chi connectivity index (χ2n) is 18.6. The smallest absolute Gasteiger partial charge is 0.306 e. The summed E-state index contributed by atoms with van der Waals surface area (Å²) in [5.41, 5.74) is 0. The summed E-state index contributed by atoms with van der Waals surface area (Å²) in [7, 11) is 1.03. The van der Waals surface area contributed by atoms with Gasteiger partial charge >= 0.3 is 11.9 Å². The van der Waals surface area contributed by atoms with Crippen molar-refractivity contribution < 1.29 is 52.3 Å². The molecule has 0 saturated carbocycles. The standard InChI is InChI=1S/C52H96NO10P/c1-6-8-10-12-14-15-16-17-18-19-20-21-22-23-24-25-26-27-28-30-36-42-52(57)63-50(47-62-64(58,59)61-45-44-53(3,4)5)46-60-51(56)43-37-41-49(55)40-35-32-31-34-39-48(54)38-33-29-13-11-9-7-2/h29,31-35,39-40,48-50,54-55H,6-28,30,36-38,41-47H2,1-5H3/b32-31+,33-29-,39-34+,40-35-/t48-,49-,50-/m1/s1. The second kappa shape index (κ2) is 43.5. The molecule has 0 saturated heterocycles. The van der Waals surface area contributed by atoms with Gasteiger partial charge in [-0.05, 0) is 38.5 Å². The van der Waals surface area contributed by atoms with Crippen LogP contribution in [0.1, 0.15) is 206 Å². The molecule has 0 aliphatic rings. The van der Waals surface area contributed by atoms with Crippen molar-refractivity contribution in [3.63, 3.8) is 0 Å². The van der Waals surface area contributed by atoms with Crippen LogP contribution in [0.3, 0.4) is 0 Å². The van der Waals surface area contributed by atoms with Gasteiger partial charge in [0.05, 0.1) is 40.0 Å². The van der Waals surface area contributed by atoms with Crippen molar-refractivity contribution in [1.82, 2.24) is 0 Å². The number of allylic oxidation sites excluding steroid dienone is 5. The van der Waals surface area contributed by atoms with E-state index in [1.165, 1.54) is 128 Å². The van der Waals surface area contributed by atoms with E-state index in [-0.39, 0.29) is 26.1 Å². The van der Waals surface area contributed by atoms with Crippen molar-refractivity contribution in [3.05, 3.63) is 48.6 Å². The first-order valence-corrected chi connectivity index (χ1v) is 27.0. The fourth-order valence-electron chi connectivity index (χ4n) is 6.97. The van der Waals surface area contributed by atoms with E-state index in [4.69, 9.17) is 18.5 Å². The van der Waals surface area contributed by atoms with Crippen LogP contribution < -0.4 is 4.89 Å². The molecule has 0 aliphatic carbocycles. The SMILES string of the molecule is CCCCC/C=C\C[C@@H](O)/C=C/C=C/C=C\[C@@H](O)CCCC(=O)OC[C@H](COP(=O)([O-])OCC[N+](C)(C)C)OC(=O)CCCCCCCCCCCCCCCCCCCCCCC. The summed E-state index contributed by atoms with van der Waals surface area (Å²) in [6, 6.07) is 0. The Morgan fingerprint density at radius 2 is 1.05 bits per heavy atom. The number of phosphoric ester groups is 1. The van der Waals surface area contributed by atoms with Gasteiger partial charge in [-0.15, -0.1) is 0 Å². The third-order valence-corrected chi connectivity index (χ3v) is 12.0. The number of hydrogen-bond donors (Lipinski definition) is 2. The fourth-order valence-corrected chi connectivity index (χ4v) is 7.70. The Labute approximate surface area is 391 Å². The van der Waals surface area contributed by atoms with Gasteiger partial charge in [-0.25, -0.2) is 0 Å². The minimum Gasteiger partial charge on any atom is -0.756 e. The van der Waals surface area contributed by atoms with Crippen LogP contribution in [0.2, 0.25) is 0 Å². The molecule has 0 spiro atoms. The van der Waals surface area contributed by atoms with Crippen molar-refractivity contribution in [2.75, 3.05) is 47.5 Å². The molecule has 0 aromatic heterocycles. The number of nitrogens with zero attached hydrogens (tertiary/aromatic N) is 1. The Bertz CT molecular complexity index is 1260. The first kappa shape index (κ1) is 61.9. The zero-order valence-electron chi connectivity index (χ0n) is 41.4. The number of ether oxygens (including phenoxy) is 2. The van der Waals surface area contributed by atoms with Crippen LogP contribution in [0, 0.1) is 0 Å². The van der Waals surface area contributed by atoms with Gasteiger partial charge < -0.3 is 38.1 Å². The molecule has 0 heterocycles. The zero-order chi connectivity index (χ0) is 47.4. The van der Waals surface area contributed by atoms with Gasteiger partial charge in [0.15, 0.2) is 6.10 Å². The molecule has 64 heavy (non-hydrogen) atoms. The molecule has 374 valence electrons. The van der Waals surface area contributed by atoms with Crippen molar-refractivity contribution in [1.29, 1.82) is 0 Å². The average Bonchev–Trinajstić information content (AvgIpc) is 3.24. The molecular weight excluding hydrogens is 830 g/mol. The van der Waals surface area contributed by atoms with Crippen LogP contribution in [-0.2, 0) is 32.7 Å². The Morgan fingerprint density at radius 1 is 0.578 bits per heavy atom. The largest absolute Gasteiger partial charge is 0.756 e. The number of hydrogen-bond acceptors (Lipinski definition) is 10. The van der Waals surface area contributed by atoms with Gasteiger partial charge in [0.25, 0.3) is 7.82 Å². The lowest BCUT2D eigenvalue weighted by atomic mass is 10.0. The van der Waals surface area contributed by atoms with Crippen molar-refractivity contribution >= 4 is 19.8 Å². The van der Waals surface area contributed by atoms with E-state index in [1.807, 2.05) is 27.2 Å². The average molecular weight is 926 g/mol. The van der Waals surface area contributed by atoms with Crippen LogP contribution in [-0.4, -0.2) is 92.5 Å². The molecular formula is C52H96NO10P. The number of rotatable bonds is 46. The summed E-state index contributed by atoms with van der Waals surface area (Å²) >= 11 is 0. The molecule has 0 fully saturated rings. The maximum absolute atomic E-state index is 12.7. The number of unbranched alkanes of at least 4 members (excludes halogenated alkanes) is 23. The minimum atomic E-state index is -4.69. The van der Waals surface area contributed by atoms with E-state index < -0.39 is 44.7 Å². The van der Waals surface area contributed by atoms with Crippen LogP contribution in [0.4, 0.5) is 0 Å². The van der Waals surface area contributed by atoms with Gasteiger partial charge in [-0.1, -0.05) is 204 Å². The van der Waals surface area contributed by atoms with Gasteiger partial charge in [0, 0.05) is 12.8 Å². The molecule has 0 aromatic rings. The lowest BCUT2D eigenvalue weighted by molar-refractivity contribution is -0.870. The number of phosphoric acid groups is 1. The quantitative estimate of drug-likeness (QED) is 0.0151. The number of aliphatic hydroxyl groups excluding tert-OH is 2. The predicted octanol–water partition coefficient (Wildman–Crippen LogP) is 12.3. The highest BCUT2D eigenvalue weighted by molar-refractivity contribution is 7.45. The Kier molecular flexibility index (Phi) is 42.0. The van der Waals surface area contributed by atoms with E-state index in [9.17, 15) is 29.3 Å². The maximum Gasteiger partial charge on any atom is 0.306 e. The summed E-state index contributed by atoms with van der Waals surface area (Å²) in [6.07, 6.45) is 44.9. The van der Waals surface area contributed by atoms with Gasteiger partial charge in [0.2, 0.25) is 0 Å². The molecule has 12 heteroatoms. The van der Waals surface area contributed by atoms with E-state index in [0.29, 0.717) is 36.7 Å². The highest BCUT2D eigenvalue weighted by Gasteiger charge is 2.22. The number of carbonyl (C=O) groups is 2. The van der Waals surface area contributed by atoms with E-state index in [1.54, 1.807) is 36.5 Å². The van der Waals surface area contributed by atoms with Crippen LogP contribution >= 0.6 is 7.82 Å². The van der Waals surface area contributed by atoms with Gasteiger partial charge in [-0.2, -0.15) is 0 Å². The van der Waals surface area contributed by atoms with Crippen molar-refractivity contribution in [2.45, 2.75) is 225 Å². The van der Waals surface area contributed by atoms with Crippen LogP contribution in [0.15, 0.2) is 48.6 Å². The summed E-state index contributed by atoms with van der Waals surface area (Å²) in [5.74, 6) is -1.07. The Balaban J connectivity index is 4.45. The third kappa shape index (κ3) is 46.4. The molecule has 4 atom stereocenters. The molecule has 0 rings (SSSR count). The van der Waals surface area contributed by atoms with Gasteiger partial charge in [-0.3, -0.25) is 14.2 Å². The normalized spacial score (nSPS) is 14.8. The highest BCUT2D eigenvalue weighted by atomic mass is 31.2. The molecule has 0 radical (unpaired) electrons. The minimum absolute atomic E-state index is 0.0175. The topological polar surface area (TPSA) is 152 Å². The second-order valence-corrected chi connectivity index (χ2v) is 20.0. The molecule has 0 bridgehead atoms. The maximum atomic E-state index is 12.7. The van der Waals surface area contributed by atoms with Crippen molar-refractivity contribution in [3.8, 4) is 0 Å². The monoisotopic (exact) mass is 926 g/mol. The molecule has 2 N–H and O–H groups in total. The molecule has 1 unspecified atom stereocenters. The number of likely N-dealkylation sites (N-methyl/N-ethyl adjacent to an activating group) is 1. The summed E-state index contributed by atoms with van der Waals surface area (Å²) < 4.78 is 33.8. The molecule has 11 nitrogen and oxygen atoms in total. The Hall–Kier alpha value is -2.11. The highest BCUT2D eigenvalue weighted by Crippen LogP contribution is 2.38. The third-order valence-electron chi connectivity index (χ3n) is 11.0. The van der Waals surface area contributed by atoms with Crippen LogP contribution in [0.25, 0.3) is 0 Å². The molecule has 0 aliphatic heterocycles. The summed E-state index contributed by atoms with van der Waals surface area (Å²) in [6.45, 7) is 3.91. The Morgan fingerprint density at radius 3 is 1.56 bits per heavy atom. The number of esters is 2. The summed E-state index contributed by atoms with van der Waals surface area (Å²) in [5, 5.41) is 20.4. The molecule has 0 aromatic carbocycles. The summed E-state index contributed by atoms with van der Waals surface area (Å²) in [4.78, 5) is 37.7. The van der Waals surface area contributed by atoms with E-state index in [2.05, 4.69) is 19.9 Å². The van der Waals surface area contributed by atoms with Crippen molar-refractivity contribution in [2.24, 2.45) is 0 Å². The first-order valence-electron chi connectivity index (χ1n) is 25.6. The molecule has 0 amide bonds. The lowest BCUT2D eigenvalue weighted by Gasteiger charge is -2.28. The lowest BCUT2D eigenvalue weighted by Crippen LogP contribution is -2.37. The number of carbonyl (C=O) groups excluding carboxylic acids is 2. The fraction of sp³-hybridized carbons (Fsp3) is 0.808. The number of quaternary nitrogens is 1. The predicted molar refractivity (Wildman–Crippen MR) is 262 cm³/mol. The van der Waals surface area contributed by atoms with E-state index in [0.717, 1.165) is 25.7 Å².